The van der Waals surface area contributed by atoms with Gasteiger partial charge in [0.15, 0.2) is 5.25 Å². The summed E-state index contributed by atoms with van der Waals surface area (Å²) in [6.45, 7) is 2.04. The zero-order valence-corrected chi connectivity index (χ0v) is 9.62. The first-order valence-electron chi connectivity index (χ1n) is 4.70. The average molecular weight is 226 g/mol. The van der Waals surface area contributed by atoms with E-state index >= 15 is 0 Å². The topological polar surface area (TPSA) is 43.4 Å². The molecule has 0 bridgehead atoms. The molecule has 1 aromatic carbocycles. The molecule has 1 aromatic rings. The molecule has 0 spiro atoms. The molecule has 0 unspecified atom stereocenters. The molecule has 4 heteroatoms. The SMILES string of the molecule is CCOC(=O)[C@H](c1ccccc1)[S@@](C)=O. The van der Waals surface area contributed by atoms with Crippen LogP contribution in [-0.4, -0.2) is 23.0 Å². The van der Waals surface area contributed by atoms with E-state index < -0.39 is 22.0 Å². The molecule has 0 amide bonds. The second-order valence-electron chi connectivity index (χ2n) is 3.04. The molecular weight excluding hydrogens is 212 g/mol. The predicted octanol–water partition coefficient (Wildman–Crippen LogP) is 1.67. The molecule has 0 aliphatic heterocycles. The van der Waals surface area contributed by atoms with Crippen LogP contribution in [0.3, 0.4) is 0 Å². The number of hydrogen-bond acceptors (Lipinski definition) is 3. The lowest BCUT2D eigenvalue weighted by atomic mass is 10.1. The summed E-state index contributed by atoms with van der Waals surface area (Å²) >= 11 is 0. The van der Waals surface area contributed by atoms with Crippen LogP contribution in [0.4, 0.5) is 0 Å². The van der Waals surface area contributed by atoms with Crippen LogP contribution in [0.2, 0.25) is 0 Å². The molecule has 0 fully saturated rings. The van der Waals surface area contributed by atoms with Gasteiger partial charge in [0.05, 0.1) is 6.61 Å². The first kappa shape index (κ1) is 11.9. The summed E-state index contributed by atoms with van der Waals surface area (Å²) < 4.78 is 16.4. The van der Waals surface area contributed by atoms with Gasteiger partial charge in [0.2, 0.25) is 0 Å². The van der Waals surface area contributed by atoms with E-state index in [1.165, 1.54) is 6.26 Å². The van der Waals surface area contributed by atoms with Crippen LogP contribution in [0.25, 0.3) is 0 Å². The highest BCUT2D eigenvalue weighted by molar-refractivity contribution is 7.85. The number of ether oxygens (including phenoxy) is 1. The summed E-state index contributed by atoms with van der Waals surface area (Å²) in [5.74, 6) is -0.426. The predicted molar refractivity (Wildman–Crippen MR) is 59.9 cm³/mol. The molecule has 0 saturated heterocycles. The Kier molecular flexibility index (Phi) is 4.49. The van der Waals surface area contributed by atoms with Crippen LogP contribution in [-0.2, 0) is 20.3 Å². The van der Waals surface area contributed by atoms with Crippen molar-refractivity contribution < 1.29 is 13.7 Å². The molecule has 15 heavy (non-hydrogen) atoms. The van der Waals surface area contributed by atoms with Crippen LogP contribution < -0.4 is 0 Å². The average Bonchev–Trinajstić information content (AvgIpc) is 2.19. The molecule has 0 aliphatic carbocycles. The number of hydrogen-bond donors (Lipinski definition) is 0. The molecule has 82 valence electrons. The Morgan fingerprint density at radius 2 is 2.00 bits per heavy atom. The summed E-state index contributed by atoms with van der Waals surface area (Å²) in [6, 6.07) is 9.04. The van der Waals surface area contributed by atoms with Crippen molar-refractivity contribution in [3.05, 3.63) is 35.9 Å². The van der Waals surface area contributed by atoms with Crippen molar-refractivity contribution in [3.63, 3.8) is 0 Å². The second-order valence-corrected chi connectivity index (χ2v) is 4.51. The van der Waals surface area contributed by atoms with E-state index in [0.717, 1.165) is 5.56 Å². The van der Waals surface area contributed by atoms with Crippen molar-refractivity contribution in [2.75, 3.05) is 12.9 Å². The maximum absolute atomic E-state index is 11.6. The third-order valence-corrected chi connectivity index (χ3v) is 3.06. The highest BCUT2D eigenvalue weighted by Gasteiger charge is 2.25. The zero-order valence-electron chi connectivity index (χ0n) is 8.80. The summed E-state index contributed by atoms with van der Waals surface area (Å²) in [5.41, 5.74) is 0.733. The zero-order chi connectivity index (χ0) is 11.3. The molecule has 1 rings (SSSR count). The van der Waals surface area contributed by atoms with Gasteiger partial charge in [-0.05, 0) is 12.5 Å². The first-order valence-corrected chi connectivity index (χ1v) is 6.32. The summed E-state index contributed by atoms with van der Waals surface area (Å²) in [4.78, 5) is 11.6. The summed E-state index contributed by atoms with van der Waals surface area (Å²) in [6.07, 6.45) is 1.51. The number of rotatable bonds is 4. The largest absolute Gasteiger partial charge is 0.465 e. The fourth-order valence-corrected chi connectivity index (χ4v) is 2.19. The van der Waals surface area contributed by atoms with Crippen LogP contribution in [0.15, 0.2) is 30.3 Å². The van der Waals surface area contributed by atoms with Crippen LogP contribution in [0.1, 0.15) is 17.7 Å². The van der Waals surface area contributed by atoms with Gasteiger partial charge in [-0.2, -0.15) is 0 Å². The third kappa shape index (κ3) is 3.16. The Morgan fingerprint density at radius 3 is 2.47 bits per heavy atom. The van der Waals surface area contributed by atoms with Gasteiger partial charge in [-0.15, -0.1) is 0 Å². The molecule has 2 atom stereocenters. The smallest absolute Gasteiger partial charge is 0.326 e. The minimum atomic E-state index is -1.26. The number of benzene rings is 1. The lowest BCUT2D eigenvalue weighted by Gasteiger charge is -2.12. The van der Waals surface area contributed by atoms with E-state index in [9.17, 15) is 9.00 Å². The molecule has 0 aliphatic rings. The van der Waals surface area contributed by atoms with E-state index in [0.29, 0.717) is 6.61 Å². The lowest BCUT2D eigenvalue weighted by molar-refractivity contribution is -0.142. The van der Waals surface area contributed by atoms with Crippen LogP contribution in [0, 0.1) is 0 Å². The Morgan fingerprint density at radius 1 is 1.40 bits per heavy atom. The number of carbonyl (C=O) groups is 1. The molecule has 0 aromatic heterocycles. The van der Waals surface area contributed by atoms with E-state index in [2.05, 4.69) is 0 Å². The van der Waals surface area contributed by atoms with E-state index in [-0.39, 0.29) is 0 Å². The lowest BCUT2D eigenvalue weighted by Crippen LogP contribution is -2.19. The van der Waals surface area contributed by atoms with Gasteiger partial charge in [-0.1, -0.05) is 30.3 Å². The van der Waals surface area contributed by atoms with Crippen molar-refractivity contribution in [2.24, 2.45) is 0 Å². The molecule has 0 heterocycles. The van der Waals surface area contributed by atoms with Crippen molar-refractivity contribution in [3.8, 4) is 0 Å². The Bertz CT molecular complexity index is 348. The van der Waals surface area contributed by atoms with Gasteiger partial charge in [-0.25, -0.2) is 0 Å². The van der Waals surface area contributed by atoms with Gasteiger partial charge in [0, 0.05) is 17.1 Å². The monoisotopic (exact) mass is 226 g/mol. The first-order chi connectivity index (χ1) is 7.16. The Labute approximate surface area is 91.9 Å². The van der Waals surface area contributed by atoms with Gasteiger partial charge in [0.1, 0.15) is 0 Å². The molecule has 3 nitrogen and oxygen atoms in total. The second kappa shape index (κ2) is 5.66. The fraction of sp³-hybridized carbons (Fsp3) is 0.364. The van der Waals surface area contributed by atoms with Crippen molar-refractivity contribution in [2.45, 2.75) is 12.2 Å². The summed E-state index contributed by atoms with van der Waals surface area (Å²) in [7, 11) is -1.26. The van der Waals surface area contributed by atoms with Gasteiger partial charge < -0.3 is 4.74 Å². The molecule has 0 N–H and O–H groups in total. The fourth-order valence-electron chi connectivity index (χ4n) is 1.31. The Hall–Kier alpha value is -1.16. The minimum Gasteiger partial charge on any atom is -0.465 e. The third-order valence-electron chi connectivity index (χ3n) is 1.93. The maximum atomic E-state index is 11.6. The van der Waals surface area contributed by atoms with Gasteiger partial charge in [-0.3, -0.25) is 9.00 Å². The van der Waals surface area contributed by atoms with Crippen molar-refractivity contribution in [1.29, 1.82) is 0 Å². The van der Waals surface area contributed by atoms with Gasteiger partial charge >= 0.3 is 5.97 Å². The van der Waals surface area contributed by atoms with Crippen LogP contribution >= 0.6 is 0 Å². The standard InChI is InChI=1S/C11H14O3S/c1-3-14-11(12)10(15(2)13)9-7-5-4-6-8-9/h4-8,10H,3H2,1-2H3/t10-,15+/m0/s1. The van der Waals surface area contributed by atoms with Crippen molar-refractivity contribution >= 4 is 16.8 Å². The van der Waals surface area contributed by atoms with E-state index in [1.807, 2.05) is 18.2 Å². The summed E-state index contributed by atoms with van der Waals surface area (Å²) in [5, 5.41) is -0.675. The normalized spacial score (nSPS) is 14.3. The van der Waals surface area contributed by atoms with E-state index in [1.54, 1.807) is 19.1 Å². The highest BCUT2D eigenvalue weighted by Crippen LogP contribution is 2.20. The number of esters is 1. The van der Waals surface area contributed by atoms with Gasteiger partial charge in [0.25, 0.3) is 0 Å². The number of carbonyl (C=O) groups excluding carboxylic acids is 1. The van der Waals surface area contributed by atoms with Crippen molar-refractivity contribution in [1.82, 2.24) is 0 Å². The minimum absolute atomic E-state index is 0.305. The maximum Gasteiger partial charge on any atom is 0.326 e. The molecule has 0 radical (unpaired) electrons. The Balaban J connectivity index is 2.94. The molecule has 0 saturated carbocycles. The van der Waals surface area contributed by atoms with Crippen LogP contribution in [0.5, 0.6) is 0 Å². The van der Waals surface area contributed by atoms with E-state index in [4.69, 9.17) is 4.74 Å². The molecular formula is C11H14O3S. The quantitative estimate of drug-likeness (QED) is 0.733. The highest BCUT2D eigenvalue weighted by atomic mass is 32.2.